The summed E-state index contributed by atoms with van der Waals surface area (Å²) in [4.78, 5) is 7.00. The molecule has 90 valence electrons. The molecule has 0 aliphatic carbocycles. The van der Waals surface area contributed by atoms with Gasteiger partial charge >= 0.3 is 0 Å². The van der Waals surface area contributed by atoms with Crippen molar-refractivity contribution in [3.63, 3.8) is 0 Å². The summed E-state index contributed by atoms with van der Waals surface area (Å²) in [5, 5.41) is 3.38. The summed E-state index contributed by atoms with van der Waals surface area (Å²) in [5.74, 6) is 0. The van der Waals surface area contributed by atoms with Crippen LogP contribution in [0.3, 0.4) is 0 Å². The fraction of sp³-hybridized carbons (Fsp3) is 0.462. The third-order valence-electron chi connectivity index (χ3n) is 3.40. The highest BCUT2D eigenvalue weighted by molar-refractivity contribution is 5.51. The number of nitrogens with one attached hydrogen (secondary N) is 1. The van der Waals surface area contributed by atoms with E-state index in [0.29, 0.717) is 0 Å². The molecule has 2 aromatic heterocycles. The van der Waals surface area contributed by atoms with Crippen LogP contribution in [0.5, 0.6) is 0 Å². The van der Waals surface area contributed by atoms with Crippen molar-refractivity contribution < 1.29 is 0 Å². The number of pyridine rings is 1. The number of fused-ring (bicyclic) bond motifs is 1. The number of hydrogen-bond donors (Lipinski definition) is 1. The van der Waals surface area contributed by atoms with Crippen LogP contribution in [0, 0.1) is 0 Å². The average molecular weight is 230 g/mol. The predicted octanol–water partition coefficient (Wildman–Crippen LogP) is 0.782. The second-order valence-corrected chi connectivity index (χ2v) is 4.53. The Morgan fingerprint density at radius 1 is 1.24 bits per heavy atom. The monoisotopic (exact) mass is 230 g/mol. The molecule has 0 spiro atoms. The third-order valence-corrected chi connectivity index (χ3v) is 3.40. The molecule has 1 saturated heterocycles. The van der Waals surface area contributed by atoms with Gasteiger partial charge in [0.1, 0.15) is 0 Å². The van der Waals surface area contributed by atoms with E-state index < -0.39 is 0 Å². The van der Waals surface area contributed by atoms with Crippen LogP contribution in [-0.4, -0.2) is 47.0 Å². The minimum absolute atomic E-state index is 1.04. The highest BCUT2D eigenvalue weighted by Gasteiger charge is 2.10. The molecule has 1 aliphatic heterocycles. The molecule has 0 aromatic carbocycles. The van der Waals surface area contributed by atoms with Gasteiger partial charge in [0, 0.05) is 45.3 Å². The molecule has 0 unspecified atom stereocenters. The van der Waals surface area contributed by atoms with Gasteiger partial charge < -0.3 is 14.6 Å². The Balaban J connectivity index is 1.68. The van der Waals surface area contributed by atoms with Crippen molar-refractivity contribution in [2.45, 2.75) is 6.42 Å². The quantitative estimate of drug-likeness (QED) is 0.846. The Hall–Kier alpha value is -1.39. The lowest BCUT2D eigenvalue weighted by Crippen LogP contribution is -2.44. The van der Waals surface area contributed by atoms with E-state index in [-0.39, 0.29) is 0 Å². The van der Waals surface area contributed by atoms with Gasteiger partial charge in [-0.15, -0.1) is 0 Å². The summed E-state index contributed by atoms with van der Waals surface area (Å²) in [5.41, 5.74) is 2.45. The van der Waals surface area contributed by atoms with E-state index in [0.717, 1.165) is 39.1 Å². The van der Waals surface area contributed by atoms with Crippen molar-refractivity contribution in [2.24, 2.45) is 0 Å². The first-order chi connectivity index (χ1) is 8.43. The standard InChI is InChI=1S/C13H18N4/c1-2-7-17-11-15-12(13(17)3-1)4-8-16-9-5-14-6-10-16/h1-3,7,11,14H,4-6,8-10H2. The molecule has 0 bridgehead atoms. The van der Waals surface area contributed by atoms with Gasteiger partial charge in [0.2, 0.25) is 0 Å². The van der Waals surface area contributed by atoms with Gasteiger partial charge in [-0.2, -0.15) is 0 Å². The van der Waals surface area contributed by atoms with E-state index in [1.807, 2.05) is 12.4 Å². The highest BCUT2D eigenvalue weighted by Crippen LogP contribution is 2.10. The molecular weight excluding hydrogens is 212 g/mol. The highest BCUT2D eigenvalue weighted by atomic mass is 15.2. The van der Waals surface area contributed by atoms with Crippen LogP contribution in [0.1, 0.15) is 5.69 Å². The van der Waals surface area contributed by atoms with Crippen LogP contribution in [0.25, 0.3) is 5.52 Å². The normalized spacial score (nSPS) is 17.6. The number of imidazole rings is 1. The molecule has 17 heavy (non-hydrogen) atoms. The lowest BCUT2D eigenvalue weighted by molar-refractivity contribution is 0.243. The summed E-state index contributed by atoms with van der Waals surface area (Å²) < 4.78 is 2.09. The van der Waals surface area contributed by atoms with Crippen molar-refractivity contribution >= 4 is 5.52 Å². The zero-order valence-electron chi connectivity index (χ0n) is 9.97. The Bertz CT molecular complexity index is 485. The SMILES string of the molecule is c1ccn2cnc(CCN3CCNCC3)c2c1. The first kappa shape index (κ1) is 10.7. The second-order valence-electron chi connectivity index (χ2n) is 4.53. The fourth-order valence-corrected chi connectivity index (χ4v) is 2.39. The van der Waals surface area contributed by atoms with Crippen LogP contribution < -0.4 is 5.32 Å². The van der Waals surface area contributed by atoms with Crippen LogP contribution in [0.4, 0.5) is 0 Å². The van der Waals surface area contributed by atoms with Gasteiger partial charge in [0.25, 0.3) is 0 Å². The molecule has 1 N–H and O–H groups in total. The number of piperazine rings is 1. The van der Waals surface area contributed by atoms with Gasteiger partial charge in [-0.05, 0) is 12.1 Å². The van der Waals surface area contributed by atoms with Crippen molar-refractivity contribution in [3.05, 3.63) is 36.4 Å². The molecule has 3 heterocycles. The predicted molar refractivity (Wildman–Crippen MR) is 68.2 cm³/mol. The number of rotatable bonds is 3. The lowest BCUT2D eigenvalue weighted by atomic mass is 10.2. The molecule has 3 rings (SSSR count). The summed E-state index contributed by atoms with van der Waals surface area (Å²) in [6.45, 7) is 5.66. The topological polar surface area (TPSA) is 32.6 Å². The molecule has 4 nitrogen and oxygen atoms in total. The van der Waals surface area contributed by atoms with Gasteiger partial charge in [0.05, 0.1) is 17.5 Å². The minimum atomic E-state index is 1.04. The molecule has 1 aliphatic rings. The summed E-state index contributed by atoms with van der Waals surface area (Å²) in [6.07, 6.45) is 5.00. The van der Waals surface area contributed by atoms with E-state index in [2.05, 4.69) is 37.9 Å². The maximum Gasteiger partial charge on any atom is 0.0995 e. The Morgan fingerprint density at radius 2 is 2.12 bits per heavy atom. The van der Waals surface area contributed by atoms with Crippen molar-refractivity contribution in [3.8, 4) is 0 Å². The third kappa shape index (κ3) is 2.33. The molecule has 4 heteroatoms. The van der Waals surface area contributed by atoms with Crippen LogP contribution in [0.15, 0.2) is 30.7 Å². The first-order valence-electron chi connectivity index (χ1n) is 6.27. The molecule has 0 radical (unpaired) electrons. The van der Waals surface area contributed by atoms with Crippen LogP contribution in [-0.2, 0) is 6.42 Å². The molecule has 1 fully saturated rings. The molecule has 0 atom stereocenters. The minimum Gasteiger partial charge on any atom is -0.314 e. The largest absolute Gasteiger partial charge is 0.314 e. The summed E-state index contributed by atoms with van der Waals surface area (Å²) in [6, 6.07) is 6.25. The van der Waals surface area contributed by atoms with Crippen LogP contribution in [0.2, 0.25) is 0 Å². The van der Waals surface area contributed by atoms with Gasteiger partial charge in [0.15, 0.2) is 0 Å². The maximum absolute atomic E-state index is 4.50. The van der Waals surface area contributed by atoms with Crippen molar-refractivity contribution in [1.82, 2.24) is 19.6 Å². The van der Waals surface area contributed by atoms with Gasteiger partial charge in [-0.1, -0.05) is 6.07 Å². The molecule has 2 aromatic rings. The van der Waals surface area contributed by atoms with E-state index in [1.165, 1.54) is 11.2 Å². The average Bonchev–Trinajstić information content (AvgIpc) is 2.81. The smallest absolute Gasteiger partial charge is 0.0995 e. The van der Waals surface area contributed by atoms with Crippen molar-refractivity contribution in [1.29, 1.82) is 0 Å². The van der Waals surface area contributed by atoms with Gasteiger partial charge in [-0.3, -0.25) is 0 Å². The maximum atomic E-state index is 4.50. The number of nitrogens with zero attached hydrogens (tertiary/aromatic N) is 3. The van der Waals surface area contributed by atoms with E-state index in [4.69, 9.17) is 0 Å². The Kier molecular flexibility index (Phi) is 3.07. The van der Waals surface area contributed by atoms with Crippen LogP contribution >= 0.6 is 0 Å². The molecular formula is C13H18N4. The zero-order valence-corrected chi connectivity index (χ0v) is 9.97. The summed E-state index contributed by atoms with van der Waals surface area (Å²) in [7, 11) is 0. The molecule has 0 amide bonds. The number of hydrogen-bond acceptors (Lipinski definition) is 3. The second kappa shape index (κ2) is 4.85. The van der Waals surface area contributed by atoms with E-state index in [1.54, 1.807) is 0 Å². The van der Waals surface area contributed by atoms with E-state index >= 15 is 0 Å². The fourth-order valence-electron chi connectivity index (χ4n) is 2.39. The Morgan fingerprint density at radius 3 is 3.00 bits per heavy atom. The Labute approximate surface area is 101 Å². The van der Waals surface area contributed by atoms with Gasteiger partial charge in [-0.25, -0.2) is 4.98 Å². The van der Waals surface area contributed by atoms with E-state index in [9.17, 15) is 0 Å². The molecule has 0 saturated carbocycles. The lowest BCUT2D eigenvalue weighted by Gasteiger charge is -2.26. The zero-order chi connectivity index (χ0) is 11.5. The summed E-state index contributed by atoms with van der Waals surface area (Å²) >= 11 is 0. The van der Waals surface area contributed by atoms with Crippen molar-refractivity contribution in [2.75, 3.05) is 32.7 Å². The number of aromatic nitrogens is 2. The first-order valence-corrected chi connectivity index (χ1v) is 6.27.